The van der Waals surface area contributed by atoms with E-state index in [0.717, 1.165) is 48.9 Å². The Morgan fingerprint density at radius 3 is 2.43 bits per heavy atom. The molecule has 1 saturated heterocycles. The number of nitrogens with zero attached hydrogens (tertiary/aromatic N) is 6. The highest BCUT2D eigenvalue weighted by molar-refractivity contribution is 5.90. The molecule has 0 bridgehead atoms. The zero-order valence-corrected chi connectivity index (χ0v) is 17.0. The smallest absolute Gasteiger partial charge is 0.232 e. The van der Waals surface area contributed by atoms with Crippen molar-refractivity contribution in [2.24, 2.45) is 0 Å². The topological polar surface area (TPSA) is 99.2 Å². The molecule has 2 aromatic heterocycles. The monoisotopic (exact) mass is 404 g/mol. The molecule has 30 heavy (non-hydrogen) atoms. The molecule has 154 valence electrons. The van der Waals surface area contributed by atoms with E-state index >= 15 is 0 Å². The van der Waals surface area contributed by atoms with Crippen LogP contribution < -0.4 is 20.4 Å². The van der Waals surface area contributed by atoms with E-state index in [1.165, 1.54) is 13.3 Å². The van der Waals surface area contributed by atoms with Crippen molar-refractivity contribution in [3.05, 3.63) is 54.5 Å². The van der Waals surface area contributed by atoms with Crippen LogP contribution in [-0.4, -0.2) is 52.0 Å². The summed E-state index contributed by atoms with van der Waals surface area (Å²) >= 11 is 0. The van der Waals surface area contributed by atoms with Gasteiger partial charge in [-0.25, -0.2) is 15.0 Å². The fourth-order valence-corrected chi connectivity index (χ4v) is 3.39. The van der Waals surface area contributed by atoms with Crippen LogP contribution in [0.3, 0.4) is 0 Å². The number of piperazine rings is 1. The predicted octanol–water partition coefficient (Wildman–Crippen LogP) is 2.60. The number of aromatic nitrogens is 4. The molecule has 2 N–H and O–H groups in total. The lowest BCUT2D eigenvalue weighted by molar-refractivity contribution is -0.114. The average molecular weight is 404 g/mol. The summed E-state index contributed by atoms with van der Waals surface area (Å²) in [5.41, 5.74) is 2.50. The molecule has 0 unspecified atom stereocenters. The molecule has 3 aromatic rings. The van der Waals surface area contributed by atoms with Gasteiger partial charge in [-0.3, -0.25) is 4.79 Å². The Morgan fingerprint density at radius 1 is 0.933 bits per heavy atom. The van der Waals surface area contributed by atoms with Crippen molar-refractivity contribution in [2.75, 3.05) is 46.6 Å². The van der Waals surface area contributed by atoms with Crippen LogP contribution in [0.1, 0.15) is 12.5 Å². The van der Waals surface area contributed by atoms with Crippen molar-refractivity contribution in [3.8, 4) is 0 Å². The minimum absolute atomic E-state index is 0.109. The van der Waals surface area contributed by atoms with Crippen molar-refractivity contribution in [1.82, 2.24) is 19.9 Å². The molecule has 1 aromatic carbocycles. The summed E-state index contributed by atoms with van der Waals surface area (Å²) in [6.07, 6.45) is 3.33. The molecule has 0 atom stereocenters. The maximum absolute atomic E-state index is 11.4. The second-order valence-electron chi connectivity index (χ2n) is 7.06. The van der Waals surface area contributed by atoms with Crippen LogP contribution in [0, 0.1) is 6.92 Å². The Hall–Kier alpha value is -3.75. The van der Waals surface area contributed by atoms with E-state index in [9.17, 15) is 4.79 Å². The number of hydrogen-bond donors (Lipinski definition) is 2. The predicted molar refractivity (Wildman–Crippen MR) is 117 cm³/mol. The Balaban J connectivity index is 1.45. The van der Waals surface area contributed by atoms with Gasteiger partial charge in [-0.2, -0.15) is 4.98 Å². The summed E-state index contributed by atoms with van der Waals surface area (Å²) in [6, 6.07) is 11.6. The van der Waals surface area contributed by atoms with Crippen LogP contribution in [-0.2, 0) is 4.79 Å². The van der Waals surface area contributed by atoms with Crippen LogP contribution in [0.5, 0.6) is 0 Å². The van der Waals surface area contributed by atoms with Crippen molar-refractivity contribution in [2.45, 2.75) is 13.8 Å². The van der Waals surface area contributed by atoms with Gasteiger partial charge in [0.25, 0.3) is 0 Å². The van der Waals surface area contributed by atoms with E-state index < -0.39 is 0 Å². The van der Waals surface area contributed by atoms with Gasteiger partial charge in [0.1, 0.15) is 12.1 Å². The highest BCUT2D eigenvalue weighted by atomic mass is 16.1. The summed E-state index contributed by atoms with van der Waals surface area (Å²) in [7, 11) is 0. The molecule has 1 aliphatic rings. The Morgan fingerprint density at radius 2 is 1.70 bits per heavy atom. The van der Waals surface area contributed by atoms with Gasteiger partial charge in [0.15, 0.2) is 0 Å². The first-order valence-corrected chi connectivity index (χ1v) is 9.84. The SMILES string of the molecule is CC(=O)Nc1cccc(Nc2ncnc(N3CCN(c4ccccn4)CC3)n2)c1C. The largest absolute Gasteiger partial charge is 0.353 e. The van der Waals surface area contributed by atoms with Gasteiger partial charge in [-0.05, 0) is 36.8 Å². The fraction of sp³-hybridized carbons (Fsp3) is 0.286. The number of benzene rings is 1. The normalized spacial score (nSPS) is 13.8. The van der Waals surface area contributed by atoms with E-state index in [0.29, 0.717) is 11.9 Å². The number of amides is 1. The summed E-state index contributed by atoms with van der Waals surface area (Å²) in [6.45, 7) is 6.73. The quantitative estimate of drug-likeness (QED) is 0.670. The van der Waals surface area contributed by atoms with Crippen molar-refractivity contribution >= 4 is 35.0 Å². The molecule has 3 heterocycles. The van der Waals surface area contributed by atoms with Gasteiger partial charge in [0.2, 0.25) is 17.8 Å². The number of anilines is 5. The molecule has 0 aliphatic carbocycles. The van der Waals surface area contributed by atoms with Crippen LogP contribution >= 0.6 is 0 Å². The van der Waals surface area contributed by atoms with Crippen molar-refractivity contribution in [3.63, 3.8) is 0 Å². The first kappa shape index (κ1) is 19.6. The third kappa shape index (κ3) is 4.45. The van der Waals surface area contributed by atoms with E-state index in [4.69, 9.17) is 0 Å². The summed E-state index contributed by atoms with van der Waals surface area (Å²) in [5, 5.41) is 6.07. The van der Waals surface area contributed by atoms with Crippen LogP contribution in [0.25, 0.3) is 0 Å². The van der Waals surface area contributed by atoms with E-state index in [-0.39, 0.29) is 5.91 Å². The fourth-order valence-electron chi connectivity index (χ4n) is 3.39. The van der Waals surface area contributed by atoms with Gasteiger partial charge >= 0.3 is 0 Å². The van der Waals surface area contributed by atoms with Gasteiger partial charge in [-0.1, -0.05) is 12.1 Å². The van der Waals surface area contributed by atoms with E-state index in [2.05, 4.69) is 40.4 Å². The first-order chi connectivity index (χ1) is 14.6. The van der Waals surface area contributed by atoms with Crippen molar-refractivity contribution < 1.29 is 4.79 Å². The van der Waals surface area contributed by atoms with Gasteiger partial charge in [0.05, 0.1) is 0 Å². The Kier molecular flexibility index (Phi) is 5.69. The molecule has 4 rings (SSSR count). The molecule has 9 nitrogen and oxygen atoms in total. The molecule has 1 amide bonds. The number of nitrogens with one attached hydrogen (secondary N) is 2. The minimum Gasteiger partial charge on any atom is -0.353 e. The highest BCUT2D eigenvalue weighted by Crippen LogP contribution is 2.25. The van der Waals surface area contributed by atoms with Gasteiger partial charge in [-0.15, -0.1) is 0 Å². The third-order valence-corrected chi connectivity index (χ3v) is 4.99. The Labute approximate surface area is 175 Å². The second kappa shape index (κ2) is 8.73. The lowest BCUT2D eigenvalue weighted by Crippen LogP contribution is -2.47. The van der Waals surface area contributed by atoms with Gasteiger partial charge in [0, 0.05) is 50.7 Å². The number of rotatable bonds is 5. The number of hydrogen-bond acceptors (Lipinski definition) is 8. The molecular weight excluding hydrogens is 380 g/mol. The maximum Gasteiger partial charge on any atom is 0.232 e. The molecule has 9 heteroatoms. The molecule has 0 radical (unpaired) electrons. The molecule has 0 spiro atoms. The number of carbonyl (C=O) groups excluding carboxylic acids is 1. The minimum atomic E-state index is -0.109. The maximum atomic E-state index is 11.4. The van der Waals surface area contributed by atoms with Gasteiger partial charge < -0.3 is 20.4 Å². The van der Waals surface area contributed by atoms with Crippen LogP contribution in [0.15, 0.2) is 48.9 Å². The standard InChI is InChI=1S/C21H24N8O/c1-15-17(25-16(2)30)6-5-7-18(15)26-20-23-14-24-21(27-20)29-12-10-28(11-13-29)19-8-3-4-9-22-19/h3-9,14H,10-13H2,1-2H3,(H,25,30)(H,23,24,26,27). The molecular formula is C21H24N8O. The Bertz CT molecular complexity index is 1020. The zero-order chi connectivity index (χ0) is 20.9. The molecule has 1 fully saturated rings. The van der Waals surface area contributed by atoms with Crippen LogP contribution in [0.2, 0.25) is 0 Å². The van der Waals surface area contributed by atoms with Crippen LogP contribution in [0.4, 0.5) is 29.1 Å². The third-order valence-electron chi connectivity index (χ3n) is 4.99. The second-order valence-corrected chi connectivity index (χ2v) is 7.06. The zero-order valence-electron chi connectivity index (χ0n) is 17.0. The summed E-state index contributed by atoms with van der Waals surface area (Å²) < 4.78 is 0. The van der Waals surface area contributed by atoms with Crippen molar-refractivity contribution in [1.29, 1.82) is 0 Å². The first-order valence-electron chi connectivity index (χ1n) is 9.84. The highest BCUT2D eigenvalue weighted by Gasteiger charge is 2.20. The summed E-state index contributed by atoms with van der Waals surface area (Å²) in [4.78, 5) is 33.4. The molecule has 1 aliphatic heterocycles. The summed E-state index contributed by atoms with van der Waals surface area (Å²) in [5.74, 6) is 1.99. The van der Waals surface area contributed by atoms with E-state index in [1.54, 1.807) is 0 Å². The molecule has 0 saturated carbocycles. The number of pyridine rings is 1. The van der Waals surface area contributed by atoms with E-state index in [1.807, 2.05) is 49.5 Å². The number of carbonyl (C=O) groups is 1. The lowest BCUT2D eigenvalue weighted by Gasteiger charge is -2.35. The lowest BCUT2D eigenvalue weighted by atomic mass is 10.1. The average Bonchev–Trinajstić information content (AvgIpc) is 2.77.